The van der Waals surface area contributed by atoms with E-state index in [1.54, 1.807) is 0 Å². The molecule has 3 nitrogen and oxygen atoms in total. The molecule has 1 aromatic carbocycles. The highest BCUT2D eigenvalue weighted by Crippen LogP contribution is 2.30. The van der Waals surface area contributed by atoms with E-state index >= 15 is 0 Å². The number of nitrogens with zero attached hydrogens (tertiary/aromatic N) is 1. The fourth-order valence-corrected chi connectivity index (χ4v) is 2.10. The number of fused-ring (bicyclic) bond motifs is 1. The molecule has 2 rings (SSSR count). The van der Waals surface area contributed by atoms with Crippen LogP contribution in [0.3, 0.4) is 0 Å². The lowest BCUT2D eigenvalue weighted by atomic mass is 10.1. The quantitative estimate of drug-likeness (QED) is 0.849. The van der Waals surface area contributed by atoms with Crippen LogP contribution in [0.1, 0.15) is 5.56 Å². The molecule has 1 unspecified atom stereocenters. The monoisotopic (exact) mass is 270 g/mol. The maximum atomic E-state index is 5.80. The summed E-state index contributed by atoms with van der Waals surface area (Å²) < 4.78 is 6.92. The van der Waals surface area contributed by atoms with Gasteiger partial charge in [-0.2, -0.15) is 0 Å². The Labute approximate surface area is 98.5 Å². The zero-order valence-corrected chi connectivity index (χ0v) is 10.5. The average molecular weight is 271 g/mol. The van der Waals surface area contributed by atoms with E-state index in [1.165, 1.54) is 5.56 Å². The Morgan fingerprint density at radius 3 is 3.07 bits per heavy atom. The van der Waals surface area contributed by atoms with Crippen molar-refractivity contribution >= 4 is 15.9 Å². The lowest BCUT2D eigenvalue weighted by Gasteiger charge is -2.16. The Morgan fingerprint density at radius 2 is 2.33 bits per heavy atom. The summed E-state index contributed by atoms with van der Waals surface area (Å²) >= 11 is 3.47. The number of halogens is 1. The van der Waals surface area contributed by atoms with E-state index in [0.717, 1.165) is 23.2 Å². The lowest BCUT2D eigenvalue weighted by molar-refractivity contribution is 0.181. The van der Waals surface area contributed by atoms with Crippen molar-refractivity contribution in [2.75, 3.05) is 20.6 Å². The molecule has 1 aliphatic heterocycles. The summed E-state index contributed by atoms with van der Waals surface area (Å²) in [6, 6.07) is 6.17. The van der Waals surface area contributed by atoms with Gasteiger partial charge >= 0.3 is 0 Å². The molecule has 1 atom stereocenters. The molecule has 1 aliphatic rings. The minimum absolute atomic E-state index is 0.247. The molecule has 1 aromatic rings. The molecular formula is C11H15BrN2O. The van der Waals surface area contributed by atoms with Crippen molar-refractivity contribution in [2.45, 2.75) is 12.5 Å². The fourth-order valence-electron chi connectivity index (χ4n) is 1.69. The van der Waals surface area contributed by atoms with Crippen LogP contribution in [0.15, 0.2) is 22.7 Å². The predicted molar refractivity (Wildman–Crippen MR) is 64.0 cm³/mol. The molecule has 0 radical (unpaired) electrons. The van der Waals surface area contributed by atoms with Crippen molar-refractivity contribution in [3.05, 3.63) is 28.2 Å². The molecular weight excluding hydrogens is 256 g/mol. The molecule has 1 heterocycles. The van der Waals surface area contributed by atoms with Gasteiger partial charge in [0.25, 0.3) is 0 Å². The van der Waals surface area contributed by atoms with Crippen molar-refractivity contribution in [2.24, 2.45) is 0 Å². The SMILES string of the molecule is CN(C)NCC1Cc2cc(Br)ccc2O1. The number of nitrogens with one attached hydrogen (secondary N) is 1. The van der Waals surface area contributed by atoms with Gasteiger partial charge in [-0.15, -0.1) is 0 Å². The molecule has 15 heavy (non-hydrogen) atoms. The van der Waals surface area contributed by atoms with E-state index in [9.17, 15) is 0 Å². The highest BCUT2D eigenvalue weighted by Gasteiger charge is 2.22. The van der Waals surface area contributed by atoms with Crippen LogP contribution >= 0.6 is 15.9 Å². The van der Waals surface area contributed by atoms with Gasteiger partial charge in [0.1, 0.15) is 11.9 Å². The van der Waals surface area contributed by atoms with Crippen LogP contribution in [-0.2, 0) is 6.42 Å². The Bertz CT molecular complexity index is 354. The Hall–Kier alpha value is -0.580. The van der Waals surface area contributed by atoms with Crippen LogP contribution in [0.25, 0.3) is 0 Å². The third kappa shape index (κ3) is 2.71. The first-order valence-electron chi connectivity index (χ1n) is 5.01. The smallest absolute Gasteiger partial charge is 0.123 e. The summed E-state index contributed by atoms with van der Waals surface area (Å²) in [4.78, 5) is 0. The van der Waals surface area contributed by atoms with Gasteiger partial charge in [0.2, 0.25) is 0 Å². The predicted octanol–water partition coefficient (Wildman–Crippen LogP) is 1.82. The molecule has 1 N–H and O–H groups in total. The molecule has 0 saturated carbocycles. The summed E-state index contributed by atoms with van der Waals surface area (Å²) in [5, 5.41) is 1.95. The average Bonchev–Trinajstić information content (AvgIpc) is 2.56. The second kappa shape index (κ2) is 4.51. The zero-order valence-electron chi connectivity index (χ0n) is 8.96. The van der Waals surface area contributed by atoms with Gasteiger partial charge in [0.15, 0.2) is 0 Å². The van der Waals surface area contributed by atoms with Crippen LogP contribution in [0, 0.1) is 0 Å². The second-order valence-electron chi connectivity index (χ2n) is 3.95. The van der Waals surface area contributed by atoms with Gasteiger partial charge in [-0.25, -0.2) is 0 Å². The number of hydrogen-bond donors (Lipinski definition) is 1. The van der Waals surface area contributed by atoms with Crippen molar-refractivity contribution < 1.29 is 4.74 Å². The van der Waals surface area contributed by atoms with Crippen molar-refractivity contribution in [3.63, 3.8) is 0 Å². The maximum Gasteiger partial charge on any atom is 0.123 e. The van der Waals surface area contributed by atoms with E-state index in [-0.39, 0.29) is 6.10 Å². The molecule has 0 saturated heterocycles. The zero-order chi connectivity index (χ0) is 10.8. The third-order valence-electron chi connectivity index (χ3n) is 2.40. The molecule has 0 fully saturated rings. The molecule has 0 aliphatic carbocycles. The topological polar surface area (TPSA) is 24.5 Å². The van der Waals surface area contributed by atoms with Gasteiger partial charge in [-0.1, -0.05) is 15.9 Å². The van der Waals surface area contributed by atoms with E-state index in [4.69, 9.17) is 4.74 Å². The van der Waals surface area contributed by atoms with Crippen molar-refractivity contribution in [1.82, 2.24) is 10.4 Å². The standard InChI is InChI=1S/C11H15BrN2O/c1-14(2)13-7-10-6-8-5-9(12)3-4-11(8)15-10/h3-5,10,13H,6-7H2,1-2H3. The number of ether oxygens (including phenoxy) is 1. The largest absolute Gasteiger partial charge is 0.488 e. The van der Waals surface area contributed by atoms with Crippen LogP contribution in [0.2, 0.25) is 0 Å². The van der Waals surface area contributed by atoms with Gasteiger partial charge < -0.3 is 4.74 Å². The number of rotatable bonds is 3. The van der Waals surface area contributed by atoms with Crippen LogP contribution < -0.4 is 10.2 Å². The molecule has 0 spiro atoms. The minimum Gasteiger partial charge on any atom is -0.488 e. The van der Waals surface area contributed by atoms with Gasteiger partial charge in [0, 0.05) is 31.5 Å². The van der Waals surface area contributed by atoms with E-state index in [0.29, 0.717) is 0 Å². The first-order valence-corrected chi connectivity index (χ1v) is 5.80. The Kier molecular flexibility index (Phi) is 3.29. The van der Waals surface area contributed by atoms with Crippen LogP contribution in [0.4, 0.5) is 0 Å². The second-order valence-corrected chi connectivity index (χ2v) is 4.87. The van der Waals surface area contributed by atoms with Crippen molar-refractivity contribution in [3.8, 4) is 5.75 Å². The first kappa shape index (κ1) is 10.9. The Balaban J connectivity index is 1.97. The summed E-state index contributed by atoms with van der Waals surface area (Å²) in [5.41, 5.74) is 4.52. The van der Waals surface area contributed by atoms with Crippen molar-refractivity contribution in [1.29, 1.82) is 0 Å². The van der Waals surface area contributed by atoms with Gasteiger partial charge in [0.05, 0.1) is 0 Å². The first-order chi connectivity index (χ1) is 7.15. The van der Waals surface area contributed by atoms with E-state index in [2.05, 4.69) is 27.4 Å². The van der Waals surface area contributed by atoms with Crippen LogP contribution in [0.5, 0.6) is 5.75 Å². The van der Waals surface area contributed by atoms with Gasteiger partial charge in [-0.3, -0.25) is 10.4 Å². The summed E-state index contributed by atoms with van der Waals surface area (Å²) in [6.45, 7) is 0.847. The van der Waals surface area contributed by atoms with E-state index in [1.807, 2.05) is 31.2 Å². The molecule has 4 heteroatoms. The summed E-state index contributed by atoms with van der Waals surface area (Å²) in [7, 11) is 3.97. The highest BCUT2D eigenvalue weighted by molar-refractivity contribution is 9.10. The summed E-state index contributed by atoms with van der Waals surface area (Å²) in [6.07, 6.45) is 1.23. The number of hydrazine groups is 1. The summed E-state index contributed by atoms with van der Waals surface area (Å²) in [5.74, 6) is 1.02. The molecule has 0 aromatic heterocycles. The third-order valence-corrected chi connectivity index (χ3v) is 2.89. The lowest BCUT2D eigenvalue weighted by Crippen LogP contribution is -2.38. The molecule has 0 amide bonds. The Morgan fingerprint density at radius 1 is 1.53 bits per heavy atom. The molecule has 82 valence electrons. The number of hydrogen-bond acceptors (Lipinski definition) is 3. The van der Waals surface area contributed by atoms with E-state index < -0.39 is 0 Å². The van der Waals surface area contributed by atoms with Gasteiger partial charge in [-0.05, 0) is 23.8 Å². The normalized spacial score (nSPS) is 19.1. The number of benzene rings is 1. The minimum atomic E-state index is 0.247. The molecule has 0 bridgehead atoms. The maximum absolute atomic E-state index is 5.80. The van der Waals surface area contributed by atoms with Crippen LogP contribution in [-0.4, -0.2) is 31.8 Å². The fraction of sp³-hybridized carbons (Fsp3) is 0.455. The highest BCUT2D eigenvalue weighted by atomic mass is 79.9.